The Kier molecular flexibility index (Phi) is 3.48. The lowest BCUT2D eigenvalue weighted by Crippen LogP contribution is -2.22. The molecule has 0 radical (unpaired) electrons. The zero-order chi connectivity index (χ0) is 9.97. The molecule has 14 heavy (non-hydrogen) atoms. The van der Waals surface area contributed by atoms with E-state index in [1.54, 1.807) is 0 Å². The summed E-state index contributed by atoms with van der Waals surface area (Å²) in [4.78, 5) is 0. The van der Waals surface area contributed by atoms with E-state index in [9.17, 15) is 0 Å². The van der Waals surface area contributed by atoms with Gasteiger partial charge in [-0.3, -0.25) is 0 Å². The molecular weight excluding hydrogens is 170 g/mol. The van der Waals surface area contributed by atoms with Gasteiger partial charge in [0.05, 0.1) is 0 Å². The van der Waals surface area contributed by atoms with Crippen LogP contribution in [0.3, 0.4) is 0 Å². The first-order chi connectivity index (χ1) is 6.77. The Morgan fingerprint density at radius 3 is 2.50 bits per heavy atom. The fourth-order valence-corrected chi connectivity index (χ4v) is 3.29. The van der Waals surface area contributed by atoms with Crippen molar-refractivity contribution >= 4 is 0 Å². The molecule has 4 atom stereocenters. The van der Waals surface area contributed by atoms with Crippen molar-refractivity contribution in [2.24, 2.45) is 17.8 Å². The molecular formula is C13H25N. The molecule has 0 bridgehead atoms. The third-order valence-electron chi connectivity index (χ3n) is 4.68. The van der Waals surface area contributed by atoms with Gasteiger partial charge in [0.15, 0.2) is 0 Å². The highest BCUT2D eigenvalue weighted by molar-refractivity contribution is 4.82. The number of hydrogen-bond acceptors (Lipinski definition) is 1. The second-order valence-corrected chi connectivity index (χ2v) is 5.54. The molecule has 0 aromatic heterocycles. The lowest BCUT2D eigenvalue weighted by molar-refractivity contribution is 0.321. The highest BCUT2D eigenvalue weighted by atomic mass is 14.9. The van der Waals surface area contributed by atoms with Gasteiger partial charge >= 0.3 is 0 Å². The molecule has 2 aliphatic rings. The van der Waals surface area contributed by atoms with Crippen LogP contribution in [0.1, 0.15) is 52.4 Å². The first-order valence-corrected chi connectivity index (χ1v) is 6.50. The van der Waals surface area contributed by atoms with Gasteiger partial charge in [-0.2, -0.15) is 0 Å². The van der Waals surface area contributed by atoms with Gasteiger partial charge in [0.25, 0.3) is 0 Å². The average molecular weight is 195 g/mol. The van der Waals surface area contributed by atoms with Gasteiger partial charge in [-0.15, -0.1) is 0 Å². The van der Waals surface area contributed by atoms with Crippen LogP contribution in [-0.2, 0) is 0 Å². The van der Waals surface area contributed by atoms with Crippen molar-refractivity contribution in [3.8, 4) is 0 Å². The minimum atomic E-state index is 0.859. The van der Waals surface area contributed by atoms with Gasteiger partial charge in [-0.1, -0.05) is 20.3 Å². The Bertz CT molecular complexity index is 172. The fourth-order valence-electron chi connectivity index (χ4n) is 3.29. The standard InChI is InChI=1S/C13H25N/c1-10-5-6-12(11(10)2)7-8-13-4-3-9-14-13/h10-14H,3-9H2,1-2H3/t10-,11?,12?,13-/m0/s1. The molecule has 2 rings (SSSR count). The van der Waals surface area contributed by atoms with Gasteiger partial charge in [-0.05, 0) is 56.4 Å². The fraction of sp³-hybridized carbons (Fsp3) is 1.00. The monoisotopic (exact) mass is 195 g/mol. The SMILES string of the molecule is CC1C(CC[C@@H]2CCCN2)CC[C@@H]1C. The Hall–Kier alpha value is -0.0400. The maximum atomic E-state index is 3.61. The molecule has 0 spiro atoms. The second-order valence-electron chi connectivity index (χ2n) is 5.54. The zero-order valence-electron chi connectivity index (χ0n) is 9.76. The highest BCUT2D eigenvalue weighted by Crippen LogP contribution is 2.39. The van der Waals surface area contributed by atoms with Gasteiger partial charge < -0.3 is 5.32 Å². The predicted molar refractivity (Wildman–Crippen MR) is 61.3 cm³/mol. The van der Waals surface area contributed by atoms with Crippen LogP contribution in [0, 0.1) is 17.8 Å². The largest absolute Gasteiger partial charge is 0.314 e. The maximum Gasteiger partial charge on any atom is 0.00676 e. The Morgan fingerprint density at radius 2 is 1.93 bits per heavy atom. The summed E-state index contributed by atoms with van der Waals surface area (Å²) in [6.07, 6.45) is 8.71. The van der Waals surface area contributed by atoms with E-state index in [0.29, 0.717) is 0 Å². The van der Waals surface area contributed by atoms with Crippen LogP contribution in [0.15, 0.2) is 0 Å². The van der Waals surface area contributed by atoms with Crippen molar-refractivity contribution in [1.82, 2.24) is 5.32 Å². The third-order valence-corrected chi connectivity index (χ3v) is 4.68. The topological polar surface area (TPSA) is 12.0 Å². The van der Waals surface area contributed by atoms with E-state index in [0.717, 1.165) is 23.8 Å². The molecule has 1 saturated carbocycles. The van der Waals surface area contributed by atoms with Gasteiger partial charge in [-0.25, -0.2) is 0 Å². The summed E-state index contributed by atoms with van der Waals surface area (Å²) < 4.78 is 0. The molecule has 2 unspecified atom stereocenters. The van der Waals surface area contributed by atoms with Crippen LogP contribution < -0.4 is 5.32 Å². The first kappa shape index (κ1) is 10.5. The average Bonchev–Trinajstić information content (AvgIpc) is 2.77. The quantitative estimate of drug-likeness (QED) is 0.729. The lowest BCUT2D eigenvalue weighted by atomic mass is 9.88. The molecule has 1 aliphatic heterocycles. The molecule has 2 fully saturated rings. The van der Waals surface area contributed by atoms with Crippen LogP contribution in [0.25, 0.3) is 0 Å². The van der Waals surface area contributed by atoms with Crippen LogP contribution in [0.5, 0.6) is 0 Å². The third kappa shape index (κ3) is 2.31. The van der Waals surface area contributed by atoms with Gasteiger partial charge in [0, 0.05) is 6.04 Å². The zero-order valence-corrected chi connectivity index (χ0v) is 9.76. The molecule has 0 amide bonds. The van der Waals surface area contributed by atoms with Gasteiger partial charge in [0.1, 0.15) is 0 Å². The molecule has 1 aliphatic carbocycles. The number of nitrogens with one attached hydrogen (secondary N) is 1. The first-order valence-electron chi connectivity index (χ1n) is 6.50. The van der Waals surface area contributed by atoms with E-state index >= 15 is 0 Å². The van der Waals surface area contributed by atoms with E-state index in [4.69, 9.17) is 0 Å². The number of hydrogen-bond donors (Lipinski definition) is 1. The van der Waals surface area contributed by atoms with E-state index in [1.807, 2.05) is 0 Å². The van der Waals surface area contributed by atoms with Crippen LogP contribution in [0.2, 0.25) is 0 Å². The molecule has 1 saturated heterocycles. The maximum absolute atomic E-state index is 3.61. The molecule has 1 nitrogen and oxygen atoms in total. The summed E-state index contributed by atoms with van der Waals surface area (Å²) in [6.45, 7) is 6.16. The highest BCUT2D eigenvalue weighted by Gasteiger charge is 2.29. The van der Waals surface area contributed by atoms with Crippen molar-refractivity contribution in [1.29, 1.82) is 0 Å². The van der Waals surface area contributed by atoms with Crippen LogP contribution >= 0.6 is 0 Å². The molecule has 0 aromatic carbocycles. The molecule has 0 aromatic rings. The molecule has 1 heterocycles. The van der Waals surface area contributed by atoms with Crippen molar-refractivity contribution < 1.29 is 0 Å². The Labute approximate surface area is 88.7 Å². The molecule has 1 heteroatoms. The minimum absolute atomic E-state index is 0.859. The van der Waals surface area contributed by atoms with E-state index < -0.39 is 0 Å². The summed E-state index contributed by atoms with van der Waals surface area (Å²) in [5.74, 6) is 3.00. The van der Waals surface area contributed by atoms with E-state index in [1.165, 1.54) is 45.1 Å². The van der Waals surface area contributed by atoms with Crippen LogP contribution in [-0.4, -0.2) is 12.6 Å². The smallest absolute Gasteiger partial charge is 0.00676 e. The van der Waals surface area contributed by atoms with E-state index in [2.05, 4.69) is 19.2 Å². The van der Waals surface area contributed by atoms with Crippen molar-refractivity contribution in [2.45, 2.75) is 58.4 Å². The van der Waals surface area contributed by atoms with E-state index in [-0.39, 0.29) is 0 Å². The molecule has 82 valence electrons. The number of rotatable bonds is 3. The second kappa shape index (κ2) is 4.65. The minimum Gasteiger partial charge on any atom is -0.314 e. The normalized spacial score (nSPS) is 43.3. The summed E-state index contributed by atoms with van der Waals surface area (Å²) in [5.41, 5.74) is 0. The lowest BCUT2D eigenvalue weighted by Gasteiger charge is -2.19. The predicted octanol–water partition coefficient (Wildman–Crippen LogP) is 3.20. The Balaban J connectivity index is 1.70. The summed E-state index contributed by atoms with van der Waals surface area (Å²) in [5, 5.41) is 3.61. The summed E-state index contributed by atoms with van der Waals surface area (Å²) >= 11 is 0. The van der Waals surface area contributed by atoms with Crippen molar-refractivity contribution in [2.75, 3.05) is 6.54 Å². The summed E-state index contributed by atoms with van der Waals surface area (Å²) in [6, 6.07) is 0.859. The summed E-state index contributed by atoms with van der Waals surface area (Å²) in [7, 11) is 0. The van der Waals surface area contributed by atoms with Crippen molar-refractivity contribution in [3.63, 3.8) is 0 Å². The van der Waals surface area contributed by atoms with Gasteiger partial charge in [0.2, 0.25) is 0 Å². The molecule has 1 N–H and O–H groups in total. The Morgan fingerprint density at radius 1 is 1.07 bits per heavy atom. The van der Waals surface area contributed by atoms with Crippen LogP contribution in [0.4, 0.5) is 0 Å². The van der Waals surface area contributed by atoms with Crippen molar-refractivity contribution in [3.05, 3.63) is 0 Å².